The third kappa shape index (κ3) is 10.2. The molecule has 2 aliphatic carbocycles. The zero-order valence-corrected chi connectivity index (χ0v) is 25.6. The van der Waals surface area contributed by atoms with Crippen LogP contribution in [0.25, 0.3) is 0 Å². The smallest absolute Gasteiger partial charge is 0.331 e. The lowest BCUT2D eigenvalue weighted by Gasteiger charge is -2.35. The molecule has 4 amide bonds. The maximum Gasteiger partial charge on any atom is 0.331 e. The average Bonchev–Trinajstić information content (AvgIpc) is 3.07. The van der Waals surface area contributed by atoms with Gasteiger partial charge in [0.05, 0.1) is 20.2 Å². The molecule has 0 aromatic heterocycles. The number of esters is 1. The summed E-state index contributed by atoms with van der Waals surface area (Å²) < 4.78 is 4.85. The molecule has 0 atom stereocenters. The number of benzene rings is 2. The van der Waals surface area contributed by atoms with E-state index in [0.717, 1.165) is 38.5 Å². The summed E-state index contributed by atoms with van der Waals surface area (Å²) in [6.45, 7) is -0.408. The van der Waals surface area contributed by atoms with E-state index in [9.17, 15) is 33.9 Å². The lowest BCUT2D eigenvalue weighted by molar-refractivity contribution is -0.152. The first-order valence-corrected chi connectivity index (χ1v) is 15.2. The van der Waals surface area contributed by atoms with E-state index in [1.165, 1.54) is 7.11 Å². The van der Waals surface area contributed by atoms with Gasteiger partial charge in [-0.1, -0.05) is 74.9 Å². The fraction of sp³-hybridized carbons (Fsp3) is 0.455. The summed E-state index contributed by atoms with van der Waals surface area (Å²) in [7, 11) is 1.32. The number of carbonyl (C=O) groups excluding carboxylic acids is 5. The van der Waals surface area contributed by atoms with E-state index in [4.69, 9.17) is 4.74 Å². The zero-order valence-electron chi connectivity index (χ0n) is 25.6. The molecule has 0 unspecified atom stereocenters. The van der Waals surface area contributed by atoms with E-state index in [2.05, 4.69) is 21.3 Å². The van der Waals surface area contributed by atoms with Crippen LogP contribution in [0.3, 0.4) is 0 Å². The Bertz CT molecular complexity index is 1320. The third-order valence-corrected chi connectivity index (χ3v) is 8.05. The van der Waals surface area contributed by atoms with Gasteiger partial charge in [0.25, 0.3) is 11.8 Å². The summed E-state index contributed by atoms with van der Waals surface area (Å²) in [6, 6.07) is 17.2. The van der Waals surface area contributed by atoms with E-state index < -0.39 is 28.9 Å². The highest BCUT2D eigenvalue weighted by atomic mass is 16.5. The molecule has 12 nitrogen and oxygen atoms in total. The maximum absolute atomic E-state index is 12.1. The number of hydrogen-bond acceptors (Lipinski definition) is 7. The molecule has 0 heterocycles. The highest BCUT2D eigenvalue weighted by molar-refractivity contribution is 5.98. The van der Waals surface area contributed by atoms with Crippen molar-refractivity contribution in [3.8, 4) is 0 Å². The molecule has 242 valence electrons. The van der Waals surface area contributed by atoms with Crippen molar-refractivity contribution < 1.29 is 38.6 Å². The number of amides is 4. The Labute approximate surface area is 262 Å². The Kier molecular flexibility index (Phi) is 13.1. The van der Waals surface area contributed by atoms with Crippen LogP contribution in [0.4, 0.5) is 0 Å². The van der Waals surface area contributed by atoms with E-state index in [1.807, 2.05) is 6.07 Å². The molecule has 45 heavy (non-hydrogen) atoms. The van der Waals surface area contributed by atoms with Gasteiger partial charge in [0.2, 0.25) is 11.8 Å². The molecule has 2 aromatic carbocycles. The number of aliphatic carboxylic acids is 1. The number of carbonyl (C=O) groups is 6. The molecule has 2 fully saturated rings. The normalized spacial score (nSPS) is 16.4. The summed E-state index contributed by atoms with van der Waals surface area (Å²) in [4.78, 5) is 71.4. The standard InChI is InChI=1S/C17H22N2O4.C16H20N2O4/c1-23-16(22)17(10-6-3-7-11-17)19-14(20)12-18-15(21)13-8-4-2-5-9-13;19-13(11-17-14(20)12-7-3-1-4-8-12)18-16(15(21)22)9-5-2-6-10-16/h2,4-5,8-9H,3,6-7,10-12H2,1H3,(H,18,21)(H,19,20);1,3-4,7-8H,2,5-6,9-11H2,(H,17,20)(H,18,19)(H,21,22). The maximum atomic E-state index is 12.1. The van der Waals surface area contributed by atoms with Crippen LogP contribution in [0.2, 0.25) is 0 Å². The monoisotopic (exact) mass is 622 g/mol. The number of hydrogen-bond donors (Lipinski definition) is 5. The molecule has 2 aromatic rings. The molecule has 0 radical (unpaired) electrons. The first kappa shape index (κ1) is 34.7. The van der Waals surface area contributed by atoms with Gasteiger partial charge in [0.15, 0.2) is 0 Å². The van der Waals surface area contributed by atoms with Crippen molar-refractivity contribution in [3.05, 3.63) is 71.8 Å². The molecule has 0 spiro atoms. The SMILES string of the molecule is COC(=O)C1(NC(=O)CNC(=O)c2ccccc2)CCCCC1.O=C(CNC(=O)c1ccccc1)NC1(C(=O)O)CCCCC1. The number of carboxylic acids is 1. The molecule has 12 heteroatoms. The van der Waals surface area contributed by atoms with Gasteiger partial charge in [-0.25, -0.2) is 9.59 Å². The van der Waals surface area contributed by atoms with Crippen LogP contribution in [0.5, 0.6) is 0 Å². The van der Waals surface area contributed by atoms with Crippen LogP contribution in [0.1, 0.15) is 84.9 Å². The minimum Gasteiger partial charge on any atom is -0.480 e. The zero-order chi connectivity index (χ0) is 32.7. The number of rotatable bonds is 10. The average molecular weight is 623 g/mol. The molecule has 2 saturated carbocycles. The molecule has 2 aliphatic rings. The van der Waals surface area contributed by atoms with Crippen molar-refractivity contribution in [1.82, 2.24) is 21.3 Å². The Morgan fingerprint density at radius 2 is 1.00 bits per heavy atom. The number of carboxylic acid groups (broad SMARTS) is 1. The second kappa shape index (κ2) is 16.9. The number of methoxy groups -OCH3 is 1. The highest BCUT2D eigenvalue weighted by Crippen LogP contribution is 2.30. The lowest BCUT2D eigenvalue weighted by Crippen LogP contribution is -2.57. The molecule has 0 aliphatic heterocycles. The van der Waals surface area contributed by atoms with Gasteiger partial charge in [-0.15, -0.1) is 0 Å². The fourth-order valence-electron chi connectivity index (χ4n) is 5.60. The Morgan fingerprint density at radius 1 is 0.622 bits per heavy atom. The first-order valence-electron chi connectivity index (χ1n) is 15.2. The van der Waals surface area contributed by atoms with Crippen molar-refractivity contribution in [2.45, 2.75) is 75.3 Å². The van der Waals surface area contributed by atoms with Crippen LogP contribution in [0, 0.1) is 0 Å². The molecular formula is C33H42N4O8. The van der Waals surface area contributed by atoms with Gasteiger partial charge in [0.1, 0.15) is 11.1 Å². The van der Waals surface area contributed by atoms with Gasteiger partial charge >= 0.3 is 11.9 Å². The van der Waals surface area contributed by atoms with Gasteiger partial charge in [-0.05, 0) is 49.9 Å². The summed E-state index contributed by atoms with van der Waals surface area (Å²) in [5.41, 5.74) is -1.20. The minimum atomic E-state index is -1.19. The van der Waals surface area contributed by atoms with Crippen LogP contribution in [0.15, 0.2) is 60.7 Å². The Balaban J connectivity index is 0.000000246. The molecule has 5 N–H and O–H groups in total. The lowest BCUT2D eigenvalue weighted by atomic mass is 9.81. The quantitative estimate of drug-likeness (QED) is 0.251. The Hall–Kier alpha value is -4.74. The summed E-state index contributed by atoms with van der Waals surface area (Å²) in [5, 5.41) is 19.8. The van der Waals surface area contributed by atoms with Crippen molar-refractivity contribution in [3.63, 3.8) is 0 Å². The van der Waals surface area contributed by atoms with Crippen molar-refractivity contribution in [1.29, 1.82) is 0 Å². The number of nitrogens with one attached hydrogen (secondary N) is 4. The molecule has 0 saturated heterocycles. The topological polar surface area (TPSA) is 180 Å². The van der Waals surface area contributed by atoms with Gasteiger partial charge in [-0.3, -0.25) is 19.2 Å². The van der Waals surface area contributed by atoms with E-state index in [-0.39, 0.29) is 30.8 Å². The predicted molar refractivity (Wildman–Crippen MR) is 165 cm³/mol. The van der Waals surface area contributed by atoms with Crippen molar-refractivity contribution in [2.75, 3.05) is 20.2 Å². The van der Waals surface area contributed by atoms with Crippen molar-refractivity contribution in [2.24, 2.45) is 0 Å². The van der Waals surface area contributed by atoms with Crippen LogP contribution >= 0.6 is 0 Å². The van der Waals surface area contributed by atoms with Gasteiger partial charge in [0, 0.05) is 11.1 Å². The molecular weight excluding hydrogens is 580 g/mol. The van der Waals surface area contributed by atoms with E-state index in [0.29, 0.717) is 36.8 Å². The Morgan fingerprint density at radius 3 is 1.38 bits per heavy atom. The largest absolute Gasteiger partial charge is 0.480 e. The third-order valence-electron chi connectivity index (χ3n) is 8.05. The predicted octanol–water partition coefficient (Wildman–Crippen LogP) is 2.73. The van der Waals surface area contributed by atoms with Crippen LogP contribution < -0.4 is 21.3 Å². The van der Waals surface area contributed by atoms with Crippen molar-refractivity contribution >= 4 is 35.6 Å². The molecule has 0 bridgehead atoms. The van der Waals surface area contributed by atoms with Crippen LogP contribution in [-0.2, 0) is 23.9 Å². The van der Waals surface area contributed by atoms with Gasteiger partial charge in [-0.2, -0.15) is 0 Å². The first-order chi connectivity index (χ1) is 21.6. The summed E-state index contributed by atoms with van der Waals surface area (Å²) in [5.74, 6) is -2.97. The van der Waals surface area contributed by atoms with E-state index >= 15 is 0 Å². The minimum absolute atomic E-state index is 0.174. The summed E-state index contributed by atoms with van der Waals surface area (Å²) in [6.07, 6.45) is 7.32. The van der Waals surface area contributed by atoms with Crippen LogP contribution in [-0.4, -0.2) is 72.0 Å². The fourth-order valence-corrected chi connectivity index (χ4v) is 5.60. The van der Waals surface area contributed by atoms with E-state index in [1.54, 1.807) is 54.6 Å². The van der Waals surface area contributed by atoms with Gasteiger partial charge < -0.3 is 31.1 Å². The number of ether oxygens (including phenoxy) is 1. The second-order valence-corrected chi connectivity index (χ2v) is 11.3. The second-order valence-electron chi connectivity index (χ2n) is 11.3. The molecule has 4 rings (SSSR count). The summed E-state index contributed by atoms with van der Waals surface area (Å²) >= 11 is 0. The highest BCUT2D eigenvalue weighted by Gasteiger charge is 2.42.